The zero-order valence-corrected chi connectivity index (χ0v) is 8.86. The van der Waals surface area contributed by atoms with Crippen LogP contribution in [0.15, 0.2) is 6.07 Å². The molecule has 0 saturated carbocycles. The lowest BCUT2D eigenvalue weighted by atomic mass is 10.2. The molecule has 0 atom stereocenters. The molecule has 0 aromatic carbocycles. The standard InChI is InChI=1S/C10H13N5/c1-6-3-9-12-8-5-14(2)4-7(8)10(11)15(9)13-6/h3H,4-5,11H2,1-2H3. The zero-order valence-electron chi connectivity index (χ0n) is 8.86. The number of rotatable bonds is 0. The molecular formula is C10H13N5. The summed E-state index contributed by atoms with van der Waals surface area (Å²) in [6, 6.07) is 1.95. The van der Waals surface area contributed by atoms with Crippen molar-refractivity contribution < 1.29 is 0 Å². The molecule has 3 rings (SSSR count). The minimum absolute atomic E-state index is 0.729. The summed E-state index contributed by atoms with van der Waals surface area (Å²) >= 11 is 0. The predicted molar refractivity (Wildman–Crippen MR) is 57.3 cm³/mol. The minimum atomic E-state index is 0.729. The highest BCUT2D eigenvalue weighted by Crippen LogP contribution is 2.25. The second-order valence-corrected chi connectivity index (χ2v) is 4.15. The quantitative estimate of drug-likeness (QED) is 0.680. The first-order valence-corrected chi connectivity index (χ1v) is 4.97. The van der Waals surface area contributed by atoms with E-state index in [0.29, 0.717) is 0 Å². The molecule has 15 heavy (non-hydrogen) atoms. The second kappa shape index (κ2) is 2.70. The maximum atomic E-state index is 6.08. The molecule has 0 aliphatic carbocycles. The van der Waals surface area contributed by atoms with E-state index < -0.39 is 0 Å². The Morgan fingerprint density at radius 1 is 1.40 bits per heavy atom. The van der Waals surface area contributed by atoms with Gasteiger partial charge in [-0.15, -0.1) is 0 Å². The monoisotopic (exact) mass is 203 g/mol. The van der Waals surface area contributed by atoms with Crippen LogP contribution in [0.4, 0.5) is 5.82 Å². The van der Waals surface area contributed by atoms with E-state index in [0.717, 1.165) is 41.5 Å². The summed E-state index contributed by atoms with van der Waals surface area (Å²) in [5.41, 5.74) is 10.1. The van der Waals surface area contributed by atoms with Gasteiger partial charge in [-0.05, 0) is 14.0 Å². The van der Waals surface area contributed by atoms with Crippen molar-refractivity contribution in [1.29, 1.82) is 0 Å². The molecule has 0 spiro atoms. The van der Waals surface area contributed by atoms with Crippen molar-refractivity contribution in [2.75, 3.05) is 12.8 Å². The topological polar surface area (TPSA) is 59.4 Å². The Hall–Kier alpha value is -1.62. The number of anilines is 1. The van der Waals surface area contributed by atoms with Crippen molar-refractivity contribution >= 4 is 11.5 Å². The van der Waals surface area contributed by atoms with Crippen molar-refractivity contribution in [2.45, 2.75) is 20.0 Å². The Morgan fingerprint density at radius 2 is 2.20 bits per heavy atom. The largest absolute Gasteiger partial charge is 0.383 e. The summed E-state index contributed by atoms with van der Waals surface area (Å²) in [6.45, 7) is 3.69. The van der Waals surface area contributed by atoms with Crippen LogP contribution in [-0.4, -0.2) is 26.5 Å². The van der Waals surface area contributed by atoms with Crippen LogP contribution in [0.25, 0.3) is 5.65 Å². The van der Waals surface area contributed by atoms with E-state index in [2.05, 4.69) is 22.0 Å². The molecule has 3 heterocycles. The first kappa shape index (κ1) is 8.67. The van der Waals surface area contributed by atoms with E-state index in [9.17, 15) is 0 Å². The first-order chi connectivity index (χ1) is 7.15. The van der Waals surface area contributed by atoms with Crippen LogP contribution in [0.2, 0.25) is 0 Å². The molecule has 5 nitrogen and oxygen atoms in total. The van der Waals surface area contributed by atoms with E-state index in [1.54, 1.807) is 4.52 Å². The van der Waals surface area contributed by atoms with Crippen molar-refractivity contribution in [3.05, 3.63) is 23.0 Å². The van der Waals surface area contributed by atoms with Crippen LogP contribution in [0.5, 0.6) is 0 Å². The lowest BCUT2D eigenvalue weighted by Crippen LogP contribution is -2.08. The number of aromatic nitrogens is 3. The SMILES string of the molecule is Cc1cc2nc3c(c(N)n2n1)CN(C)C3. The lowest BCUT2D eigenvalue weighted by Gasteiger charge is -2.04. The lowest BCUT2D eigenvalue weighted by molar-refractivity contribution is 0.351. The summed E-state index contributed by atoms with van der Waals surface area (Å²) in [7, 11) is 2.06. The molecule has 0 radical (unpaired) electrons. The van der Waals surface area contributed by atoms with E-state index in [1.807, 2.05) is 13.0 Å². The number of hydrogen-bond acceptors (Lipinski definition) is 4. The van der Waals surface area contributed by atoms with Crippen LogP contribution in [0.1, 0.15) is 17.0 Å². The van der Waals surface area contributed by atoms with Crippen molar-refractivity contribution in [3.8, 4) is 0 Å². The average molecular weight is 203 g/mol. The number of nitrogens with two attached hydrogens (primary N) is 1. The van der Waals surface area contributed by atoms with Crippen molar-refractivity contribution in [1.82, 2.24) is 19.5 Å². The van der Waals surface area contributed by atoms with Crippen LogP contribution in [-0.2, 0) is 13.1 Å². The minimum Gasteiger partial charge on any atom is -0.383 e. The van der Waals surface area contributed by atoms with E-state index in [4.69, 9.17) is 5.73 Å². The zero-order chi connectivity index (χ0) is 10.6. The van der Waals surface area contributed by atoms with Gasteiger partial charge in [0.1, 0.15) is 5.82 Å². The Morgan fingerprint density at radius 3 is 3.00 bits per heavy atom. The van der Waals surface area contributed by atoms with Gasteiger partial charge < -0.3 is 5.73 Å². The molecule has 2 aromatic rings. The van der Waals surface area contributed by atoms with E-state index in [1.165, 1.54) is 0 Å². The van der Waals surface area contributed by atoms with Gasteiger partial charge in [-0.2, -0.15) is 9.61 Å². The highest BCUT2D eigenvalue weighted by molar-refractivity contribution is 5.54. The first-order valence-electron chi connectivity index (χ1n) is 4.97. The number of hydrogen-bond donors (Lipinski definition) is 1. The second-order valence-electron chi connectivity index (χ2n) is 4.15. The van der Waals surface area contributed by atoms with Gasteiger partial charge >= 0.3 is 0 Å². The molecule has 2 aromatic heterocycles. The molecule has 78 valence electrons. The fourth-order valence-electron chi connectivity index (χ4n) is 2.11. The molecular weight excluding hydrogens is 190 g/mol. The summed E-state index contributed by atoms with van der Waals surface area (Å²) in [6.07, 6.45) is 0. The van der Waals surface area contributed by atoms with Gasteiger partial charge in [0, 0.05) is 24.7 Å². The molecule has 2 N–H and O–H groups in total. The highest BCUT2D eigenvalue weighted by Gasteiger charge is 2.22. The van der Waals surface area contributed by atoms with Crippen LogP contribution >= 0.6 is 0 Å². The van der Waals surface area contributed by atoms with Crippen molar-refractivity contribution in [3.63, 3.8) is 0 Å². The third-order valence-corrected chi connectivity index (χ3v) is 2.80. The van der Waals surface area contributed by atoms with Gasteiger partial charge in [-0.25, -0.2) is 4.98 Å². The fraction of sp³-hybridized carbons (Fsp3) is 0.400. The fourth-order valence-corrected chi connectivity index (χ4v) is 2.11. The third-order valence-electron chi connectivity index (χ3n) is 2.80. The van der Waals surface area contributed by atoms with Crippen molar-refractivity contribution in [2.24, 2.45) is 0 Å². The molecule has 0 bridgehead atoms. The highest BCUT2D eigenvalue weighted by atomic mass is 15.3. The van der Waals surface area contributed by atoms with Gasteiger partial charge in [0.2, 0.25) is 0 Å². The summed E-state index contributed by atoms with van der Waals surface area (Å²) in [5, 5.41) is 4.33. The molecule has 0 saturated heterocycles. The van der Waals surface area contributed by atoms with Gasteiger partial charge in [-0.3, -0.25) is 4.90 Å². The van der Waals surface area contributed by atoms with E-state index >= 15 is 0 Å². The average Bonchev–Trinajstić information content (AvgIpc) is 2.69. The molecule has 5 heteroatoms. The van der Waals surface area contributed by atoms with Gasteiger partial charge in [0.15, 0.2) is 5.65 Å². The van der Waals surface area contributed by atoms with Crippen LogP contribution in [0.3, 0.4) is 0 Å². The van der Waals surface area contributed by atoms with Gasteiger partial charge in [0.25, 0.3) is 0 Å². The number of fused-ring (bicyclic) bond motifs is 2. The van der Waals surface area contributed by atoms with Crippen LogP contribution in [0, 0.1) is 6.92 Å². The molecule has 0 amide bonds. The van der Waals surface area contributed by atoms with Gasteiger partial charge in [-0.1, -0.05) is 0 Å². The number of nitrogen functional groups attached to an aromatic ring is 1. The maximum absolute atomic E-state index is 6.08. The van der Waals surface area contributed by atoms with E-state index in [-0.39, 0.29) is 0 Å². The Bertz CT molecular complexity index is 542. The summed E-state index contributed by atoms with van der Waals surface area (Å²) in [4.78, 5) is 6.76. The summed E-state index contributed by atoms with van der Waals surface area (Å²) in [5.74, 6) is 0.729. The predicted octanol–water partition coefficient (Wildman–Crippen LogP) is 0.565. The van der Waals surface area contributed by atoms with Gasteiger partial charge in [0.05, 0.1) is 11.4 Å². The molecule has 0 unspecified atom stereocenters. The van der Waals surface area contributed by atoms with Crippen LogP contribution < -0.4 is 5.73 Å². The Balaban J connectivity index is 2.33. The molecule has 0 fully saturated rings. The normalized spacial score (nSPS) is 16.1. The maximum Gasteiger partial charge on any atom is 0.157 e. The molecule has 1 aliphatic heterocycles. The summed E-state index contributed by atoms with van der Waals surface area (Å²) < 4.78 is 1.73. The molecule has 1 aliphatic rings. The smallest absolute Gasteiger partial charge is 0.157 e. The third kappa shape index (κ3) is 1.13. The number of nitrogens with zero attached hydrogens (tertiary/aromatic N) is 4. The Labute approximate surface area is 87.5 Å². The Kier molecular flexibility index (Phi) is 1.56. The number of aryl methyl sites for hydroxylation is 1.